The molecule has 0 aromatic rings. The summed E-state index contributed by atoms with van der Waals surface area (Å²) < 4.78 is 5.26. The molecule has 1 amide bonds. The molecule has 172 valence electrons. The van der Waals surface area contributed by atoms with E-state index in [1.807, 2.05) is 4.90 Å². The molecule has 0 radical (unpaired) electrons. The van der Waals surface area contributed by atoms with Crippen molar-refractivity contribution in [2.45, 2.75) is 51.6 Å². The van der Waals surface area contributed by atoms with Crippen molar-refractivity contribution >= 4 is 11.9 Å². The Hall–Kier alpha value is -1.38. The zero-order valence-corrected chi connectivity index (χ0v) is 19.3. The highest BCUT2D eigenvalue weighted by Crippen LogP contribution is 2.18. The molecule has 0 bridgehead atoms. The van der Waals surface area contributed by atoms with Crippen molar-refractivity contribution in [2.24, 2.45) is 4.99 Å². The van der Waals surface area contributed by atoms with E-state index >= 15 is 0 Å². The van der Waals surface area contributed by atoms with Gasteiger partial charge in [0.05, 0.1) is 19.2 Å². The fraction of sp³-hybridized carbons (Fsp3) is 0.909. The second-order valence-corrected chi connectivity index (χ2v) is 8.75. The predicted molar refractivity (Wildman–Crippen MR) is 121 cm³/mol. The van der Waals surface area contributed by atoms with Crippen molar-refractivity contribution in [1.82, 2.24) is 24.9 Å². The van der Waals surface area contributed by atoms with Gasteiger partial charge in [0, 0.05) is 65.5 Å². The Balaban J connectivity index is 1.50. The van der Waals surface area contributed by atoms with E-state index in [0.29, 0.717) is 11.9 Å². The maximum Gasteiger partial charge on any atom is 0.239 e. The molecular weight excluding hydrogens is 380 g/mol. The third-order valence-corrected chi connectivity index (χ3v) is 6.81. The third-order valence-electron chi connectivity index (χ3n) is 6.81. The van der Waals surface area contributed by atoms with E-state index in [-0.39, 0.29) is 6.04 Å². The minimum Gasteiger partial charge on any atom is -0.383 e. The summed E-state index contributed by atoms with van der Waals surface area (Å²) in [6.45, 7) is 14.4. The first kappa shape index (κ1) is 23.3. The number of methoxy groups -OCH3 is 1. The van der Waals surface area contributed by atoms with Gasteiger partial charge >= 0.3 is 0 Å². The minimum absolute atomic E-state index is 0.0161. The molecule has 3 rings (SSSR count). The van der Waals surface area contributed by atoms with Crippen LogP contribution in [-0.4, -0.2) is 123 Å². The van der Waals surface area contributed by atoms with Crippen molar-refractivity contribution in [2.75, 3.05) is 79.2 Å². The Morgan fingerprint density at radius 1 is 1.07 bits per heavy atom. The molecule has 0 aromatic carbocycles. The molecule has 0 aliphatic carbocycles. The highest BCUT2D eigenvalue weighted by Gasteiger charge is 2.31. The zero-order chi connectivity index (χ0) is 21.3. The second-order valence-electron chi connectivity index (χ2n) is 8.75. The summed E-state index contributed by atoms with van der Waals surface area (Å²) >= 11 is 0. The number of piperazine rings is 1. The van der Waals surface area contributed by atoms with Crippen molar-refractivity contribution in [1.29, 1.82) is 0 Å². The minimum atomic E-state index is -0.0161. The van der Waals surface area contributed by atoms with Crippen LogP contribution in [0.4, 0.5) is 0 Å². The Morgan fingerprint density at radius 2 is 1.80 bits per heavy atom. The van der Waals surface area contributed by atoms with Crippen LogP contribution in [0.1, 0.15) is 39.5 Å². The van der Waals surface area contributed by atoms with Crippen molar-refractivity contribution in [3.05, 3.63) is 0 Å². The smallest absolute Gasteiger partial charge is 0.239 e. The third kappa shape index (κ3) is 6.08. The van der Waals surface area contributed by atoms with E-state index in [1.165, 1.54) is 12.8 Å². The zero-order valence-electron chi connectivity index (χ0n) is 19.3. The Morgan fingerprint density at radius 3 is 2.47 bits per heavy atom. The monoisotopic (exact) mass is 422 g/mol. The molecule has 2 atom stereocenters. The van der Waals surface area contributed by atoms with Gasteiger partial charge in [0.25, 0.3) is 0 Å². The Bertz CT molecular complexity index is 558. The van der Waals surface area contributed by atoms with Crippen molar-refractivity contribution < 1.29 is 9.53 Å². The molecule has 3 fully saturated rings. The predicted octanol–water partition coefficient (Wildman–Crippen LogP) is 0.691. The number of nitrogens with zero attached hydrogens (tertiary/aromatic N) is 5. The molecule has 1 N–H and O–H groups in total. The summed E-state index contributed by atoms with van der Waals surface area (Å²) in [6.07, 6.45) is 4.77. The summed E-state index contributed by atoms with van der Waals surface area (Å²) in [6, 6.07) is 0.505. The van der Waals surface area contributed by atoms with Crippen LogP contribution >= 0.6 is 0 Å². The van der Waals surface area contributed by atoms with E-state index in [9.17, 15) is 4.79 Å². The number of ether oxygens (including phenoxy) is 1. The lowest BCUT2D eigenvalue weighted by Gasteiger charge is -2.39. The summed E-state index contributed by atoms with van der Waals surface area (Å²) in [7, 11) is 1.77. The molecule has 30 heavy (non-hydrogen) atoms. The van der Waals surface area contributed by atoms with Gasteiger partial charge in [-0.05, 0) is 46.1 Å². The van der Waals surface area contributed by atoms with Crippen LogP contribution in [0.25, 0.3) is 0 Å². The normalized spacial score (nSPS) is 25.2. The molecule has 2 unspecified atom stereocenters. The Kier molecular flexibility index (Phi) is 9.21. The highest BCUT2D eigenvalue weighted by molar-refractivity contribution is 5.82. The molecule has 3 aliphatic heterocycles. The van der Waals surface area contributed by atoms with Crippen LogP contribution < -0.4 is 5.32 Å². The number of guanidine groups is 1. The number of likely N-dealkylation sites (tertiary alicyclic amines) is 2. The number of carbonyl (C=O) groups is 1. The lowest BCUT2D eigenvalue weighted by atomic mass is 10.2. The first-order valence-corrected chi connectivity index (χ1v) is 11.9. The van der Waals surface area contributed by atoms with Crippen LogP contribution in [0.15, 0.2) is 4.99 Å². The van der Waals surface area contributed by atoms with Gasteiger partial charge in [-0.3, -0.25) is 19.6 Å². The summed E-state index contributed by atoms with van der Waals surface area (Å²) in [4.78, 5) is 27.0. The molecule has 3 aliphatic rings. The van der Waals surface area contributed by atoms with Crippen LogP contribution in [0.3, 0.4) is 0 Å². The van der Waals surface area contributed by atoms with Crippen LogP contribution in [0, 0.1) is 0 Å². The SMILES string of the molecule is CCNC(=NCC1CCCN1CCOC)N1CCN(C(C)C(=O)N2CCCC2)CC1. The maximum atomic E-state index is 12.7. The standard InChI is InChI=1S/C22H42N6O2/c1-4-23-22(24-18-20-8-7-11-26(20)16-17-30-3)28-14-12-25(13-15-28)19(2)21(29)27-9-5-6-10-27/h19-20H,4-18H2,1-3H3,(H,23,24). The van der Waals surface area contributed by atoms with Crippen molar-refractivity contribution in [3.8, 4) is 0 Å². The topological polar surface area (TPSA) is 63.7 Å². The van der Waals surface area contributed by atoms with Gasteiger partial charge in [-0.1, -0.05) is 0 Å². The summed E-state index contributed by atoms with van der Waals surface area (Å²) in [5.74, 6) is 1.33. The first-order valence-electron chi connectivity index (χ1n) is 11.9. The van der Waals surface area contributed by atoms with Gasteiger partial charge in [0.1, 0.15) is 0 Å². The van der Waals surface area contributed by atoms with E-state index < -0.39 is 0 Å². The van der Waals surface area contributed by atoms with Gasteiger partial charge in [-0.2, -0.15) is 0 Å². The second kappa shape index (κ2) is 11.9. The number of rotatable bonds is 8. The number of aliphatic imine (C=N–C) groups is 1. The molecule has 3 saturated heterocycles. The van der Waals surface area contributed by atoms with E-state index in [0.717, 1.165) is 90.9 Å². The fourth-order valence-corrected chi connectivity index (χ4v) is 4.90. The molecule has 8 nitrogen and oxygen atoms in total. The average molecular weight is 423 g/mol. The molecule has 0 spiro atoms. The number of amides is 1. The van der Waals surface area contributed by atoms with Crippen LogP contribution in [0.5, 0.6) is 0 Å². The number of carbonyl (C=O) groups excluding carboxylic acids is 1. The van der Waals surface area contributed by atoms with Gasteiger partial charge in [-0.25, -0.2) is 0 Å². The molecular formula is C22H42N6O2. The largest absolute Gasteiger partial charge is 0.383 e. The lowest BCUT2D eigenvalue weighted by molar-refractivity contribution is -0.135. The van der Waals surface area contributed by atoms with Crippen molar-refractivity contribution in [3.63, 3.8) is 0 Å². The van der Waals surface area contributed by atoms with Gasteiger partial charge < -0.3 is 19.9 Å². The van der Waals surface area contributed by atoms with Gasteiger partial charge in [0.2, 0.25) is 5.91 Å². The Labute approximate surface area is 182 Å². The molecule has 0 aromatic heterocycles. The fourth-order valence-electron chi connectivity index (χ4n) is 4.90. The van der Waals surface area contributed by atoms with Gasteiger partial charge in [0.15, 0.2) is 5.96 Å². The van der Waals surface area contributed by atoms with Crippen LogP contribution in [0.2, 0.25) is 0 Å². The molecule has 0 saturated carbocycles. The number of hydrogen-bond acceptors (Lipinski definition) is 5. The number of hydrogen-bond donors (Lipinski definition) is 1. The number of nitrogens with one attached hydrogen (secondary N) is 1. The molecule has 8 heteroatoms. The van der Waals surface area contributed by atoms with Crippen LogP contribution in [-0.2, 0) is 9.53 Å². The summed E-state index contributed by atoms with van der Waals surface area (Å²) in [5, 5.41) is 3.48. The first-order chi connectivity index (χ1) is 14.6. The quantitative estimate of drug-likeness (QED) is 0.459. The van der Waals surface area contributed by atoms with E-state index in [4.69, 9.17) is 9.73 Å². The highest BCUT2D eigenvalue weighted by atomic mass is 16.5. The van der Waals surface area contributed by atoms with E-state index in [2.05, 4.69) is 33.9 Å². The molecule has 3 heterocycles. The van der Waals surface area contributed by atoms with Gasteiger partial charge in [-0.15, -0.1) is 0 Å². The average Bonchev–Trinajstić information content (AvgIpc) is 3.46. The lowest BCUT2D eigenvalue weighted by Crippen LogP contribution is -2.57. The van der Waals surface area contributed by atoms with E-state index in [1.54, 1.807) is 7.11 Å². The summed E-state index contributed by atoms with van der Waals surface area (Å²) in [5.41, 5.74) is 0. The maximum absolute atomic E-state index is 12.7.